The molecule has 0 bridgehead atoms. The largest absolute Gasteiger partial charge is 0.378 e. The number of benzene rings is 1. The van der Waals surface area contributed by atoms with Gasteiger partial charge in [0.15, 0.2) is 0 Å². The first kappa shape index (κ1) is 13.2. The van der Waals surface area contributed by atoms with Crippen LogP contribution in [0.1, 0.15) is 12.0 Å². The van der Waals surface area contributed by atoms with Crippen LogP contribution in [0.2, 0.25) is 0 Å². The minimum atomic E-state index is 0.0728. The molecule has 1 saturated heterocycles. The second-order valence-electron chi connectivity index (χ2n) is 5.19. The zero-order valence-corrected chi connectivity index (χ0v) is 11.6. The molecule has 1 aromatic rings. The summed E-state index contributed by atoms with van der Waals surface area (Å²) in [6, 6.07) is 8.18. The predicted molar refractivity (Wildman–Crippen MR) is 78.6 cm³/mol. The van der Waals surface area contributed by atoms with E-state index < -0.39 is 0 Å². The molecular formula is C16H20N2O2. The summed E-state index contributed by atoms with van der Waals surface area (Å²) >= 11 is 0. The maximum atomic E-state index is 12.4. The number of para-hydroxylation sites is 1. The molecular weight excluding hydrogens is 252 g/mol. The average molecular weight is 272 g/mol. The number of hydrogen-bond acceptors (Lipinski definition) is 3. The van der Waals surface area contributed by atoms with Gasteiger partial charge in [-0.2, -0.15) is 0 Å². The molecule has 1 amide bonds. The molecule has 0 atom stereocenters. The van der Waals surface area contributed by atoms with E-state index in [0.717, 1.165) is 51.4 Å². The van der Waals surface area contributed by atoms with Crippen LogP contribution in [0.25, 0.3) is 0 Å². The third-order valence-corrected chi connectivity index (χ3v) is 3.85. The van der Waals surface area contributed by atoms with Gasteiger partial charge in [-0.05, 0) is 24.5 Å². The van der Waals surface area contributed by atoms with E-state index in [-0.39, 0.29) is 5.91 Å². The molecule has 0 radical (unpaired) electrons. The Kier molecular flexibility index (Phi) is 4.02. The van der Waals surface area contributed by atoms with Crippen LogP contribution in [0.3, 0.4) is 0 Å². The number of aryl methyl sites for hydroxylation is 1. The van der Waals surface area contributed by atoms with Gasteiger partial charge in [0.2, 0.25) is 0 Å². The van der Waals surface area contributed by atoms with Crippen LogP contribution < -0.4 is 4.90 Å². The van der Waals surface area contributed by atoms with E-state index in [4.69, 9.17) is 4.74 Å². The fourth-order valence-corrected chi connectivity index (χ4v) is 2.75. The molecule has 0 aliphatic carbocycles. The molecule has 0 unspecified atom stereocenters. The second kappa shape index (κ2) is 6.09. The standard InChI is InChI=1S/C16H20N2O2/c19-16(7-9-17-10-12-20-13-11-17)18-8-3-5-14-4-1-2-6-15(14)18/h1-2,4,6-7,9H,3,5,8,10-13H2/b9-7+. The lowest BCUT2D eigenvalue weighted by Crippen LogP contribution is -2.35. The van der Waals surface area contributed by atoms with Gasteiger partial charge >= 0.3 is 0 Å². The number of amides is 1. The van der Waals surface area contributed by atoms with Crippen LogP contribution in [0.4, 0.5) is 5.69 Å². The topological polar surface area (TPSA) is 32.8 Å². The van der Waals surface area contributed by atoms with Crippen molar-refractivity contribution in [2.75, 3.05) is 37.7 Å². The monoisotopic (exact) mass is 272 g/mol. The lowest BCUT2D eigenvalue weighted by molar-refractivity contribution is -0.114. The number of rotatable bonds is 2. The van der Waals surface area contributed by atoms with Gasteiger partial charge in [-0.3, -0.25) is 4.79 Å². The molecule has 0 saturated carbocycles. The summed E-state index contributed by atoms with van der Waals surface area (Å²) in [5, 5.41) is 0. The Morgan fingerprint density at radius 3 is 2.80 bits per heavy atom. The highest BCUT2D eigenvalue weighted by molar-refractivity contribution is 6.02. The minimum Gasteiger partial charge on any atom is -0.378 e. The first-order valence-corrected chi connectivity index (χ1v) is 7.24. The molecule has 2 aliphatic heterocycles. The summed E-state index contributed by atoms with van der Waals surface area (Å²) < 4.78 is 5.30. The summed E-state index contributed by atoms with van der Waals surface area (Å²) in [6.45, 7) is 4.01. The van der Waals surface area contributed by atoms with E-state index in [1.165, 1.54) is 5.56 Å². The lowest BCUT2D eigenvalue weighted by atomic mass is 10.0. The quantitative estimate of drug-likeness (QED) is 0.770. The number of morpholine rings is 1. The van der Waals surface area contributed by atoms with Gasteiger partial charge in [0.05, 0.1) is 13.2 Å². The van der Waals surface area contributed by atoms with Crippen LogP contribution >= 0.6 is 0 Å². The highest BCUT2D eigenvalue weighted by Crippen LogP contribution is 2.26. The Labute approximate surface area is 119 Å². The van der Waals surface area contributed by atoms with Gasteiger partial charge in [-0.25, -0.2) is 0 Å². The van der Waals surface area contributed by atoms with Crippen LogP contribution in [-0.2, 0) is 16.0 Å². The van der Waals surface area contributed by atoms with Gasteiger partial charge in [-0.15, -0.1) is 0 Å². The Morgan fingerprint density at radius 1 is 1.15 bits per heavy atom. The molecule has 0 spiro atoms. The van der Waals surface area contributed by atoms with Gasteiger partial charge < -0.3 is 14.5 Å². The number of anilines is 1. The Balaban J connectivity index is 1.70. The van der Waals surface area contributed by atoms with Crippen molar-refractivity contribution >= 4 is 11.6 Å². The maximum absolute atomic E-state index is 12.4. The number of hydrogen-bond donors (Lipinski definition) is 0. The van der Waals surface area contributed by atoms with Crippen LogP contribution in [0, 0.1) is 0 Å². The molecule has 2 aliphatic rings. The number of carbonyl (C=O) groups is 1. The summed E-state index contributed by atoms with van der Waals surface area (Å²) in [5.74, 6) is 0.0728. The molecule has 0 N–H and O–H groups in total. The van der Waals surface area contributed by atoms with Gasteiger partial charge in [0.25, 0.3) is 5.91 Å². The Morgan fingerprint density at radius 2 is 1.95 bits per heavy atom. The highest BCUT2D eigenvalue weighted by Gasteiger charge is 2.20. The molecule has 3 rings (SSSR count). The van der Waals surface area contributed by atoms with Crippen LogP contribution in [0.15, 0.2) is 36.5 Å². The molecule has 4 heteroatoms. The van der Waals surface area contributed by atoms with Crippen molar-refractivity contribution in [2.45, 2.75) is 12.8 Å². The summed E-state index contributed by atoms with van der Waals surface area (Å²) in [4.78, 5) is 16.4. The number of carbonyl (C=O) groups excluding carboxylic acids is 1. The third-order valence-electron chi connectivity index (χ3n) is 3.85. The normalized spacial score (nSPS) is 19.2. The fourth-order valence-electron chi connectivity index (χ4n) is 2.75. The minimum absolute atomic E-state index is 0.0728. The average Bonchev–Trinajstić information content (AvgIpc) is 2.53. The molecule has 4 nitrogen and oxygen atoms in total. The first-order chi connectivity index (χ1) is 9.84. The van der Waals surface area contributed by atoms with Gasteiger partial charge in [-0.1, -0.05) is 18.2 Å². The molecule has 1 aromatic carbocycles. The number of fused-ring (bicyclic) bond motifs is 1. The van der Waals surface area contributed by atoms with E-state index in [2.05, 4.69) is 11.0 Å². The van der Waals surface area contributed by atoms with E-state index in [1.807, 2.05) is 29.3 Å². The zero-order chi connectivity index (χ0) is 13.8. The Bertz CT molecular complexity index is 507. The molecule has 2 heterocycles. The van der Waals surface area contributed by atoms with Crippen LogP contribution in [-0.4, -0.2) is 43.7 Å². The highest BCUT2D eigenvalue weighted by atomic mass is 16.5. The zero-order valence-electron chi connectivity index (χ0n) is 11.6. The number of nitrogens with zero attached hydrogens (tertiary/aromatic N) is 2. The smallest absolute Gasteiger partial charge is 0.252 e. The van der Waals surface area contributed by atoms with E-state index >= 15 is 0 Å². The molecule has 1 fully saturated rings. The number of ether oxygens (including phenoxy) is 1. The van der Waals surface area contributed by atoms with Crippen LogP contribution in [0.5, 0.6) is 0 Å². The van der Waals surface area contributed by atoms with Crippen molar-refractivity contribution in [2.24, 2.45) is 0 Å². The van der Waals surface area contributed by atoms with Gasteiger partial charge in [0.1, 0.15) is 0 Å². The fraction of sp³-hybridized carbons (Fsp3) is 0.438. The van der Waals surface area contributed by atoms with Crippen molar-refractivity contribution in [3.8, 4) is 0 Å². The van der Waals surface area contributed by atoms with Crippen molar-refractivity contribution in [1.82, 2.24) is 4.90 Å². The van der Waals surface area contributed by atoms with Crippen molar-refractivity contribution in [3.05, 3.63) is 42.1 Å². The van der Waals surface area contributed by atoms with Crippen molar-refractivity contribution < 1.29 is 9.53 Å². The van der Waals surface area contributed by atoms with E-state index in [9.17, 15) is 4.79 Å². The first-order valence-electron chi connectivity index (χ1n) is 7.24. The van der Waals surface area contributed by atoms with Crippen molar-refractivity contribution in [3.63, 3.8) is 0 Å². The van der Waals surface area contributed by atoms with Crippen molar-refractivity contribution in [1.29, 1.82) is 0 Å². The van der Waals surface area contributed by atoms with Gasteiger partial charge in [0, 0.05) is 37.6 Å². The lowest BCUT2D eigenvalue weighted by Gasteiger charge is -2.29. The third kappa shape index (κ3) is 2.85. The SMILES string of the molecule is O=C(/C=C/N1CCOCC1)N1CCCc2ccccc21. The summed E-state index contributed by atoms with van der Waals surface area (Å²) in [7, 11) is 0. The molecule has 0 aromatic heterocycles. The molecule has 20 heavy (non-hydrogen) atoms. The van der Waals surface area contributed by atoms with E-state index in [0.29, 0.717) is 0 Å². The Hall–Kier alpha value is -1.81. The maximum Gasteiger partial charge on any atom is 0.252 e. The predicted octanol–water partition coefficient (Wildman–Crippen LogP) is 1.81. The summed E-state index contributed by atoms with van der Waals surface area (Å²) in [6.07, 6.45) is 5.69. The summed E-state index contributed by atoms with van der Waals surface area (Å²) in [5.41, 5.74) is 2.34. The second-order valence-corrected chi connectivity index (χ2v) is 5.19. The molecule has 106 valence electrons. The van der Waals surface area contributed by atoms with E-state index in [1.54, 1.807) is 6.08 Å².